The van der Waals surface area contributed by atoms with Gasteiger partial charge in [-0.25, -0.2) is 0 Å². The van der Waals surface area contributed by atoms with Crippen molar-refractivity contribution >= 4 is 0 Å². The van der Waals surface area contributed by atoms with E-state index in [4.69, 9.17) is 25.1 Å². The molecule has 2 aliphatic heterocycles. The topological polar surface area (TPSA) is 195 Å². The van der Waals surface area contributed by atoms with Crippen LogP contribution in [0.25, 0.3) is 0 Å². The first-order valence-corrected chi connectivity index (χ1v) is 7.15. The predicted molar refractivity (Wildman–Crippen MR) is 70.6 cm³/mol. The third kappa shape index (κ3) is 3.65. The molecule has 2 aliphatic rings. The molecule has 0 aromatic heterocycles. The van der Waals surface area contributed by atoms with Gasteiger partial charge in [0, 0.05) is 0 Å². The van der Waals surface area contributed by atoms with Crippen molar-refractivity contribution in [2.24, 2.45) is 5.73 Å². The molecule has 6 unspecified atom stereocenters. The maximum Gasteiger partial charge on any atom is 0.187 e. The van der Waals surface area contributed by atoms with Gasteiger partial charge in [0.2, 0.25) is 0 Å². The summed E-state index contributed by atoms with van der Waals surface area (Å²) in [5.41, 5.74) is 5.55. The van der Waals surface area contributed by atoms with Crippen LogP contribution in [0.5, 0.6) is 0 Å². The van der Waals surface area contributed by atoms with Crippen molar-refractivity contribution < 1.29 is 50.0 Å². The van der Waals surface area contributed by atoms with Crippen LogP contribution in [0, 0.1) is 0 Å². The molecular weight excluding hydrogens is 318 g/mol. The lowest BCUT2D eigenvalue weighted by atomic mass is 9.96. The Kier molecular flexibility index (Phi) is 6.27. The molecule has 23 heavy (non-hydrogen) atoms. The van der Waals surface area contributed by atoms with Gasteiger partial charge in [0.1, 0.15) is 42.7 Å². The molecule has 2 saturated heterocycles. The Balaban J connectivity index is 2.11. The molecule has 0 bridgehead atoms. The van der Waals surface area contributed by atoms with Gasteiger partial charge in [0.25, 0.3) is 0 Å². The first kappa shape index (κ1) is 18.9. The molecule has 0 radical (unpaired) electrons. The van der Waals surface area contributed by atoms with Crippen LogP contribution < -0.4 is 5.73 Å². The summed E-state index contributed by atoms with van der Waals surface area (Å²) in [5, 5.41) is 67.3. The average Bonchev–Trinajstić information content (AvgIpc) is 2.55. The molecule has 0 amide bonds. The van der Waals surface area contributed by atoms with Gasteiger partial charge in [0.15, 0.2) is 12.6 Å². The fourth-order valence-corrected chi connectivity index (χ4v) is 2.60. The zero-order valence-electron chi connectivity index (χ0n) is 12.1. The van der Waals surface area contributed by atoms with Gasteiger partial charge in [-0.3, -0.25) is 0 Å². The van der Waals surface area contributed by atoms with Crippen LogP contribution >= 0.6 is 0 Å². The minimum atomic E-state index is -1.68. The molecule has 2 heterocycles. The molecule has 2 fully saturated rings. The smallest absolute Gasteiger partial charge is 0.187 e. The number of rotatable bonds is 4. The quantitative estimate of drug-likeness (QED) is 0.243. The molecule has 2 rings (SSSR count). The first-order chi connectivity index (χ1) is 10.8. The number of aliphatic hydroxyl groups excluding tert-OH is 7. The Hall–Kier alpha value is -0.440. The molecule has 11 heteroatoms. The van der Waals surface area contributed by atoms with E-state index in [0.29, 0.717) is 0 Å². The first-order valence-electron chi connectivity index (χ1n) is 7.15. The molecule has 136 valence electrons. The van der Waals surface area contributed by atoms with E-state index in [1.807, 2.05) is 0 Å². The second-order valence-electron chi connectivity index (χ2n) is 5.61. The summed E-state index contributed by atoms with van der Waals surface area (Å²) in [5.74, 6) is 0. The number of ether oxygens (including phenoxy) is 3. The van der Waals surface area contributed by atoms with Gasteiger partial charge >= 0.3 is 0 Å². The average molecular weight is 341 g/mol. The minimum Gasteiger partial charge on any atom is -0.394 e. The summed E-state index contributed by atoms with van der Waals surface area (Å²) in [6.45, 7) is -1.26. The van der Waals surface area contributed by atoms with E-state index in [2.05, 4.69) is 0 Å². The summed E-state index contributed by atoms with van der Waals surface area (Å²) < 4.78 is 15.5. The predicted octanol–water partition coefficient (Wildman–Crippen LogP) is -5.43. The summed E-state index contributed by atoms with van der Waals surface area (Å²) >= 11 is 0. The van der Waals surface area contributed by atoms with Gasteiger partial charge in [-0.2, -0.15) is 0 Å². The van der Waals surface area contributed by atoms with Crippen molar-refractivity contribution in [3.8, 4) is 0 Å². The summed E-state index contributed by atoms with van der Waals surface area (Å²) in [6, 6.07) is -1.23. The van der Waals surface area contributed by atoms with Crippen LogP contribution in [-0.4, -0.2) is 110 Å². The molecule has 0 aromatic rings. The summed E-state index contributed by atoms with van der Waals surface area (Å²) in [4.78, 5) is 0. The second kappa shape index (κ2) is 7.63. The SMILES string of the molecule is NC1C(O)[C@H](O[C@@H]2OC(CO)[C@H](O)C(O)C2O)C(CO)O[C@H]1O. The van der Waals surface area contributed by atoms with E-state index in [1.165, 1.54) is 0 Å². The number of hydrogen-bond donors (Lipinski definition) is 8. The highest BCUT2D eigenvalue weighted by Crippen LogP contribution is 2.27. The number of hydrogen-bond acceptors (Lipinski definition) is 11. The standard InChI is InChI=1S/C12H23NO10/c13-5-7(17)10(4(2-15)21-11(5)20)23-12-9(19)8(18)6(16)3(1-14)22-12/h3-12,14-20H,1-2,13H2/t3?,4?,5?,6-,7?,8?,9?,10+,11+,12-/m0/s1. The van der Waals surface area contributed by atoms with Crippen LogP contribution in [0.1, 0.15) is 0 Å². The van der Waals surface area contributed by atoms with E-state index in [9.17, 15) is 30.6 Å². The van der Waals surface area contributed by atoms with Crippen molar-refractivity contribution in [2.45, 2.75) is 61.3 Å². The molecule has 10 atom stereocenters. The zero-order valence-corrected chi connectivity index (χ0v) is 12.1. The van der Waals surface area contributed by atoms with Crippen molar-refractivity contribution in [2.75, 3.05) is 13.2 Å². The fourth-order valence-electron chi connectivity index (χ4n) is 2.60. The highest BCUT2D eigenvalue weighted by molar-refractivity contribution is 4.94. The van der Waals surface area contributed by atoms with Gasteiger partial charge in [-0.1, -0.05) is 0 Å². The normalized spacial score (nSPS) is 51.7. The molecule has 11 nitrogen and oxygen atoms in total. The highest BCUT2D eigenvalue weighted by Gasteiger charge is 2.49. The van der Waals surface area contributed by atoms with Crippen LogP contribution in [-0.2, 0) is 14.2 Å². The maximum absolute atomic E-state index is 10.1. The van der Waals surface area contributed by atoms with Crippen molar-refractivity contribution in [3.05, 3.63) is 0 Å². The Bertz CT molecular complexity index is 383. The van der Waals surface area contributed by atoms with E-state index in [0.717, 1.165) is 0 Å². The van der Waals surface area contributed by atoms with Crippen LogP contribution in [0.15, 0.2) is 0 Å². The van der Waals surface area contributed by atoms with Gasteiger partial charge in [0.05, 0.1) is 19.3 Å². The maximum atomic E-state index is 10.1. The third-order valence-corrected chi connectivity index (χ3v) is 4.06. The lowest BCUT2D eigenvalue weighted by Crippen LogP contribution is -2.66. The van der Waals surface area contributed by atoms with E-state index in [1.54, 1.807) is 0 Å². The van der Waals surface area contributed by atoms with Crippen molar-refractivity contribution in [1.82, 2.24) is 0 Å². The molecule has 0 spiro atoms. The van der Waals surface area contributed by atoms with Gasteiger partial charge < -0.3 is 55.7 Å². The molecule has 0 aromatic carbocycles. The highest BCUT2D eigenvalue weighted by atomic mass is 16.7. The van der Waals surface area contributed by atoms with E-state index >= 15 is 0 Å². The molecule has 0 aliphatic carbocycles. The van der Waals surface area contributed by atoms with Crippen LogP contribution in [0.4, 0.5) is 0 Å². The molecule has 9 N–H and O–H groups in total. The zero-order chi connectivity index (χ0) is 17.3. The Morgan fingerprint density at radius 3 is 1.96 bits per heavy atom. The summed E-state index contributed by atoms with van der Waals surface area (Å²) in [7, 11) is 0. The lowest BCUT2D eigenvalue weighted by Gasteiger charge is -2.45. The molecule has 0 saturated carbocycles. The Morgan fingerprint density at radius 2 is 1.39 bits per heavy atom. The van der Waals surface area contributed by atoms with Gasteiger partial charge in [-0.05, 0) is 0 Å². The largest absolute Gasteiger partial charge is 0.394 e. The monoisotopic (exact) mass is 341 g/mol. The Labute approximate surface area is 131 Å². The van der Waals surface area contributed by atoms with Crippen molar-refractivity contribution in [3.63, 3.8) is 0 Å². The Morgan fingerprint density at radius 1 is 0.783 bits per heavy atom. The second-order valence-corrected chi connectivity index (χ2v) is 5.61. The number of aliphatic hydroxyl groups is 7. The van der Waals surface area contributed by atoms with Crippen LogP contribution in [0.2, 0.25) is 0 Å². The van der Waals surface area contributed by atoms with Crippen LogP contribution in [0.3, 0.4) is 0 Å². The lowest BCUT2D eigenvalue weighted by molar-refractivity contribution is -0.344. The van der Waals surface area contributed by atoms with Gasteiger partial charge in [-0.15, -0.1) is 0 Å². The fraction of sp³-hybridized carbons (Fsp3) is 1.00. The third-order valence-electron chi connectivity index (χ3n) is 4.06. The van der Waals surface area contributed by atoms with Crippen molar-refractivity contribution in [1.29, 1.82) is 0 Å². The number of nitrogens with two attached hydrogens (primary N) is 1. The molecular formula is C12H23NO10. The summed E-state index contributed by atoms with van der Waals surface area (Å²) in [6.07, 6.45) is -13.0. The van der Waals surface area contributed by atoms with E-state index < -0.39 is 74.6 Å². The van der Waals surface area contributed by atoms with E-state index in [-0.39, 0.29) is 0 Å². The minimum absolute atomic E-state index is 0.622.